The van der Waals surface area contributed by atoms with Crippen LogP contribution in [0.3, 0.4) is 0 Å². The van der Waals surface area contributed by atoms with Crippen molar-refractivity contribution >= 4 is 21.7 Å². The molecule has 0 saturated heterocycles. The number of aryl methyl sites for hydroxylation is 2. The Labute approximate surface area is 157 Å². The summed E-state index contributed by atoms with van der Waals surface area (Å²) >= 11 is 0. The number of sulfone groups is 1. The SMILES string of the molecule is COc1ccc(S(C)(=O)=O)cc1C(=O)NC(C(=O)O)c1cc(C)cc(C)c1. The van der Waals surface area contributed by atoms with Crippen LogP contribution in [0.2, 0.25) is 0 Å². The van der Waals surface area contributed by atoms with E-state index in [0.717, 1.165) is 17.4 Å². The molecule has 0 fully saturated rings. The first-order chi connectivity index (χ1) is 12.5. The second kappa shape index (κ2) is 7.79. The Morgan fingerprint density at radius 3 is 2.15 bits per heavy atom. The summed E-state index contributed by atoms with van der Waals surface area (Å²) in [6, 6.07) is 7.81. The topological polar surface area (TPSA) is 110 Å². The second-order valence-corrected chi connectivity index (χ2v) is 8.32. The van der Waals surface area contributed by atoms with Crippen LogP contribution in [-0.4, -0.2) is 38.8 Å². The molecule has 0 bridgehead atoms. The van der Waals surface area contributed by atoms with Gasteiger partial charge in [-0.05, 0) is 37.6 Å². The standard InChI is InChI=1S/C19H21NO6S/c1-11-7-12(2)9-13(8-11)17(19(22)23)20-18(21)15-10-14(27(4,24)25)5-6-16(15)26-3/h5-10,17H,1-4H3,(H,20,21)(H,22,23). The van der Waals surface area contributed by atoms with Crippen LogP contribution >= 0.6 is 0 Å². The molecule has 0 spiro atoms. The van der Waals surface area contributed by atoms with Gasteiger partial charge in [0.1, 0.15) is 5.75 Å². The predicted molar refractivity (Wildman–Crippen MR) is 99.9 cm³/mol. The number of ether oxygens (including phenoxy) is 1. The molecule has 0 aliphatic carbocycles. The van der Waals surface area contributed by atoms with Gasteiger partial charge in [0.05, 0.1) is 17.6 Å². The molecule has 0 radical (unpaired) electrons. The van der Waals surface area contributed by atoms with Crippen molar-refractivity contribution in [2.75, 3.05) is 13.4 Å². The first-order valence-electron chi connectivity index (χ1n) is 8.03. The fourth-order valence-corrected chi connectivity index (χ4v) is 3.42. The zero-order valence-electron chi connectivity index (χ0n) is 15.4. The van der Waals surface area contributed by atoms with Crippen molar-refractivity contribution in [2.45, 2.75) is 24.8 Å². The number of hydrogen-bond donors (Lipinski definition) is 2. The minimum atomic E-state index is -3.54. The van der Waals surface area contributed by atoms with Gasteiger partial charge in [-0.3, -0.25) is 4.79 Å². The van der Waals surface area contributed by atoms with Crippen LogP contribution in [0.5, 0.6) is 5.75 Å². The van der Waals surface area contributed by atoms with Crippen LogP contribution < -0.4 is 10.1 Å². The molecule has 27 heavy (non-hydrogen) atoms. The fraction of sp³-hybridized carbons (Fsp3) is 0.263. The summed E-state index contributed by atoms with van der Waals surface area (Å²) < 4.78 is 28.7. The molecular weight excluding hydrogens is 370 g/mol. The third-order valence-corrected chi connectivity index (χ3v) is 5.05. The first kappa shape index (κ1) is 20.4. The highest BCUT2D eigenvalue weighted by Gasteiger charge is 2.25. The maximum absolute atomic E-state index is 12.7. The Morgan fingerprint density at radius 2 is 1.67 bits per heavy atom. The molecule has 2 rings (SSSR count). The molecule has 1 atom stereocenters. The van der Waals surface area contributed by atoms with E-state index >= 15 is 0 Å². The quantitative estimate of drug-likeness (QED) is 0.782. The summed E-state index contributed by atoms with van der Waals surface area (Å²) in [5, 5.41) is 12.0. The zero-order chi connectivity index (χ0) is 20.4. The number of hydrogen-bond acceptors (Lipinski definition) is 5. The van der Waals surface area contributed by atoms with Crippen LogP contribution in [0.25, 0.3) is 0 Å². The van der Waals surface area contributed by atoms with E-state index in [2.05, 4.69) is 5.32 Å². The highest BCUT2D eigenvalue weighted by atomic mass is 32.2. The van der Waals surface area contributed by atoms with Crippen molar-refractivity contribution in [3.63, 3.8) is 0 Å². The van der Waals surface area contributed by atoms with E-state index < -0.39 is 27.8 Å². The number of rotatable bonds is 6. The van der Waals surface area contributed by atoms with Crippen molar-refractivity contribution in [3.8, 4) is 5.75 Å². The Balaban J connectivity index is 2.45. The van der Waals surface area contributed by atoms with E-state index in [1.54, 1.807) is 12.1 Å². The largest absolute Gasteiger partial charge is 0.496 e. The number of aliphatic carboxylic acids is 1. The van der Waals surface area contributed by atoms with Gasteiger partial charge in [-0.15, -0.1) is 0 Å². The lowest BCUT2D eigenvalue weighted by atomic mass is 10.0. The molecule has 1 unspecified atom stereocenters. The number of nitrogens with one attached hydrogen (secondary N) is 1. The van der Waals surface area contributed by atoms with Gasteiger partial charge in [0.2, 0.25) is 0 Å². The van der Waals surface area contributed by atoms with Crippen LogP contribution in [0.4, 0.5) is 0 Å². The zero-order valence-corrected chi connectivity index (χ0v) is 16.3. The fourth-order valence-electron chi connectivity index (χ4n) is 2.77. The van der Waals surface area contributed by atoms with Crippen LogP contribution in [-0.2, 0) is 14.6 Å². The van der Waals surface area contributed by atoms with Crippen molar-refractivity contribution in [1.29, 1.82) is 0 Å². The monoisotopic (exact) mass is 391 g/mol. The predicted octanol–water partition coefficient (Wildman–Crippen LogP) is 2.27. The summed E-state index contributed by atoms with van der Waals surface area (Å²) in [5.41, 5.74) is 2.09. The Kier molecular flexibility index (Phi) is 5.90. The molecule has 0 heterocycles. The number of carboxylic acid groups (broad SMARTS) is 1. The third kappa shape index (κ3) is 4.85. The third-order valence-electron chi connectivity index (χ3n) is 3.94. The Bertz CT molecular complexity index is 977. The van der Waals surface area contributed by atoms with Gasteiger partial charge in [0, 0.05) is 6.26 Å². The molecule has 7 nitrogen and oxygen atoms in total. The number of amides is 1. The van der Waals surface area contributed by atoms with Crippen LogP contribution in [0.15, 0.2) is 41.3 Å². The number of carbonyl (C=O) groups excluding carboxylic acids is 1. The van der Waals surface area contributed by atoms with Crippen molar-refractivity contribution in [2.24, 2.45) is 0 Å². The lowest BCUT2D eigenvalue weighted by Crippen LogP contribution is -2.34. The van der Waals surface area contributed by atoms with Crippen molar-refractivity contribution in [3.05, 3.63) is 58.7 Å². The molecule has 0 aliphatic rings. The van der Waals surface area contributed by atoms with Crippen molar-refractivity contribution < 1.29 is 27.9 Å². The summed E-state index contributed by atoms with van der Waals surface area (Å²) in [4.78, 5) is 24.4. The molecule has 2 aromatic rings. The normalized spacial score (nSPS) is 12.3. The van der Waals surface area contributed by atoms with E-state index in [0.29, 0.717) is 5.56 Å². The maximum Gasteiger partial charge on any atom is 0.330 e. The van der Waals surface area contributed by atoms with Gasteiger partial charge < -0.3 is 15.2 Å². The van der Waals surface area contributed by atoms with E-state index in [-0.39, 0.29) is 16.2 Å². The molecule has 2 aromatic carbocycles. The van der Waals surface area contributed by atoms with Crippen LogP contribution in [0.1, 0.15) is 33.1 Å². The summed E-state index contributed by atoms with van der Waals surface area (Å²) in [5.74, 6) is -1.83. The van der Waals surface area contributed by atoms with E-state index in [9.17, 15) is 23.1 Å². The molecule has 8 heteroatoms. The second-order valence-electron chi connectivity index (χ2n) is 6.30. The number of carboxylic acids is 1. The summed E-state index contributed by atoms with van der Waals surface area (Å²) in [7, 11) is -2.21. The Morgan fingerprint density at radius 1 is 1.07 bits per heavy atom. The molecule has 0 aliphatic heterocycles. The lowest BCUT2D eigenvalue weighted by molar-refractivity contribution is -0.139. The van der Waals surface area contributed by atoms with Gasteiger partial charge in [0.15, 0.2) is 15.9 Å². The average Bonchev–Trinajstić information content (AvgIpc) is 2.56. The Hall–Kier alpha value is -2.87. The van der Waals surface area contributed by atoms with Gasteiger partial charge >= 0.3 is 5.97 Å². The van der Waals surface area contributed by atoms with Gasteiger partial charge in [-0.25, -0.2) is 13.2 Å². The van der Waals surface area contributed by atoms with Gasteiger partial charge in [0.25, 0.3) is 5.91 Å². The number of benzene rings is 2. The average molecular weight is 391 g/mol. The van der Waals surface area contributed by atoms with Crippen molar-refractivity contribution in [1.82, 2.24) is 5.32 Å². The highest BCUT2D eigenvalue weighted by Crippen LogP contribution is 2.24. The smallest absolute Gasteiger partial charge is 0.330 e. The minimum absolute atomic E-state index is 0.0592. The number of methoxy groups -OCH3 is 1. The maximum atomic E-state index is 12.7. The number of carbonyl (C=O) groups is 2. The van der Waals surface area contributed by atoms with Gasteiger partial charge in [-0.2, -0.15) is 0 Å². The molecular formula is C19H21NO6S. The molecule has 144 valence electrons. The molecule has 2 N–H and O–H groups in total. The van der Waals surface area contributed by atoms with E-state index in [1.807, 2.05) is 19.9 Å². The summed E-state index contributed by atoms with van der Waals surface area (Å²) in [6.45, 7) is 3.66. The van der Waals surface area contributed by atoms with Crippen LogP contribution in [0, 0.1) is 13.8 Å². The lowest BCUT2D eigenvalue weighted by Gasteiger charge is -2.17. The van der Waals surface area contributed by atoms with Gasteiger partial charge in [-0.1, -0.05) is 29.3 Å². The van der Waals surface area contributed by atoms with E-state index in [4.69, 9.17) is 4.74 Å². The minimum Gasteiger partial charge on any atom is -0.496 e. The molecule has 0 aromatic heterocycles. The first-order valence-corrected chi connectivity index (χ1v) is 9.92. The highest BCUT2D eigenvalue weighted by molar-refractivity contribution is 7.90. The molecule has 1 amide bonds. The molecule has 0 saturated carbocycles. The summed E-state index contributed by atoms with van der Waals surface area (Å²) in [6.07, 6.45) is 1.02. The van der Waals surface area contributed by atoms with E-state index in [1.165, 1.54) is 25.3 Å².